The molecule has 1 aliphatic rings. The third kappa shape index (κ3) is 2.79. The summed E-state index contributed by atoms with van der Waals surface area (Å²) in [7, 11) is 0. The smallest absolute Gasteiger partial charge is 0.0910 e. The molecule has 0 aromatic heterocycles. The zero-order chi connectivity index (χ0) is 17.6. The van der Waals surface area contributed by atoms with Gasteiger partial charge in [0.15, 0.2) is 0 Å². The maximum atomic E-state index is 2.58. The summed E-state index contributed by atoms with van der Waals surface area (Å²) in [6, 6.07) is 12.4. The molecule has 2 aromatic rings. The Bertz CT molecular complexity index is 740. The first-order chi connectivity index (χ1) is 11.3. The van der Waals surface area contributed by atoms with Crippen molar-refractivity contribution in [3.8, 4) is 0 Å². The highest BCUT2D eigenvalue weighted by Gasteiger charge is 2.36. The van der Waals surface area contributed by atoms with Gasteiger partial charge < -0.3 is 9.80 Å². The summed E-state index contributed by atoms with van der Waals surface area (Å²) in [5.74, 6) is 0. The van der Waals surface area contributed by atoms with Gasteiger partial charge in [0.05, 0.1) is 6.67 Å². The van der Waals surface area contributed by atoms with Crippen LogP contribution in [0.3, 0.4) is 0 Å². The van der Waals surface area contributed by atoms with Gasteiger partial charge in [0, 0.05) is 23.5 Å². The summed E-state index contributed by atoms with van der Waals surface area (Å²) in [5.41, 5.74) is 9.59. The van der Waals surface area contributed by atoms with E-state index >= 15 is 0 Å². The minimum absolute atomic E-state index is 0.491. The average molecular weight is 322 g/mol. The maximum absolute atomic E-state index is 2.58. The standard InChI is InChI=1S/C22H30N2/c1-14-8-9-21(16(3)10-14)23-13-24(20(7)19(23)6)22-17(4)11-15(2)12-18(22)5/h8-12,19-20H,13H2,1-7H3/t19-,20+/m0/s1. The van der Waals surface area contributed by atoms with Crippen molar-refractivity contribution in [2.45, 2.75) is 60.5 Å². The molecule has 2 atom stereocenters. The van der Waals surface area contributed by atoms with E-state index in [2.05, 4.69) is 88.6 Å². The monoisotopic (exact) mass is 322 g/mol. The third-order valence-electron chi connectivity index (χ3n) is 5.57. The number of anilines is 2. The van der Waals surface area contributed by atoms with Gasteiger partial charge in [-0.15, -0.1) is 0 Å². The molecule has 2 nitrogen and oxygen atoms in total. The summed E-state index contributed by atoms with van der Waals surface area (Å²) in [6.45, 7) is 16.7. The maximum Gasteiger partial charge on any atom is 0.0910 e. The fourth-order valence-electron chi connectivity index (χ4n) is 4.27. The van der Waals surface area contributed by atoms with Crippen molar-refractivity contribution in [2.75, 3.05) is 16.5 Å². The molecule has 1 aliphatic heterocycles. The summed E-state index contributed by atoms with van der Waals surface area (Å²) in [6.07, 6.45) is 0. The van der Waals surface area contributed by atoms with E-state index in [9.17, 15) is 0 Å². The fraction of sp³-hybridized carbons (Fsp3) is 0.455. The normalized spacial score (nSPS) is 20.8. The number of nitrogens with zero attached hydrogens (tertiary/aromatic N) is 2. The van der Waals surface area contributed by atoms with Crippen LogP contribution in [0.25, 0.3) is 0 Å². The van der Waals surface area contributed by atoms with E-state index in [-0.39, 0.29) is 0 Å². The van der Waals surface area contributed by atoms with E-state index in [1.165, 1.54) is 39.2 Å². The largest absolute Gasteiger partial charge is 0.349 e. The van der Waals surface area contributed by atoms with Crippen molar-refractivity contribution < 1.29 is 0 Å². The molecule has 128 valence electrons. The molecule has 2 heteroatoms. The number of rotatable bonds is 2. The second-order valence-corrected chi connectivity index (χ2v) is 7.60. The molecule has 0 saturated carbocycles. The van der Waals surface area contributed by atoms with Crippen LogP contribution in [-0.2, 0) is 0 Å². The SMILES string of the molecule is Cc1ccc(N2CN(c3c(C)cc(C)cc3C)[C@H](C)[C@@H]2C)c(C)c1. The van der Waals surface area contributed by atoms with E-state index in [0.29, 0.717) is 12.1 Å². The van der Waals surface area contributed by atoms with Gasteiger partial charge in [-0.2, -0.15) is 0 Å². The lowest BCUT2D eigenvalue weighted by Gasteiger charge is -2.27. The van der Waals surface area contributed by atoms with Gasteiger partial charge in [0.2, 0.25) is 0 Å². The molecule has 0 bridgehead atoms. The van der Waals surface area contributed by atoms with Gasteiger partial charge in [-0.3, -0.25) is 0 Å². The van der Waals surface area contributed by atoms with Gasteiger partial charge >= 0.3 is 0 Å². The van der Waals surface area contributed by atoms with Crippen molar-refractivity contribution in [3.05, 3.63) is 58.1 Å². The van der Waals surface area contributed by atoms with Crippen molar-refractivity contribution in [2.24, 2.45) is 0 Å². The first-order valence-corrected chi connectivity index (χ1v) is 8.98. The lowest BCUT2D eigenvalue weighted by Crippen LogP contribution is -2.33. The number of aryl methyl sites for hydroxylation is 5. The van der Waals surface area contributed by atoms with Crippen LogP contribution in [0.4, 0.5) is 11.4 Å². The Morgan fingerprint density at radius 1 is 0.708 bits per heavy atom. The Hall–Kier alpha value is -1.96. The van der Waals surface area contributed by atoms with Crippen LogP contribution in [0.15, 0.2) is 30.3 Å². The van der Waals surface area contributed by atoms with E-state index in [1.54, 1.807) is 0 Å². The second-order valence-electron chi connectivity index (χ2n) is 7.60. The molecule has 1 fully saturated rings. The third-order valence-corrected chi connectivity index (χ3v) is 5.57. The Balaban J connectivity index is 1.99. The zero-order valence-corrected chi connectivity index (χ0v) is 16.1. The Labute approximate surface area is 147 Å². The molecule has 0 amide bonds. The summed E-state index contributed by atoms with van der Waals surface area (Å²) in [5, 5.41) is 0. The predicted molar refractivity (Wildman–Crippen MR) is 105 cm³/mol. The summed E-state index contributed by atoms with van der Waals surface area (Å²) >= 11 is 0. The lowest BCUT2D eigenvalue weighted by atomic mass is 10.0. The highest BCUT2D eigenvalue weighted by molar-refractivity contribution is 5.66. The van der Waals surface area contributed by atoms with Crippen LogP contribution in [0, 0.1) is 34.6 Å². The van der Waals surface area contributed by atoms with Gasteiger partial charge in [0.1, 0.15) is 0 Å². The first-order valence-electron chi connectivity index (χ1n) is 8.98. The molecule has 24 heavy (non-hydrogen) atoms. The molecule has 2 aromatic carbocycles. The van der Waals surface area contributed by atoms with Crippen molar-refractivity contribution in [3.63, 3.8) is 0 Å². The van der Waals surface area contributed by atoms with Crippen molar-refractivity contribution in [1.29, 1.82) is 0 Å². The van der Waals surface area contributed by atoms with E-state index in [4.69, 9.17) is 0 Å². The first kappa shape index (κ1) is 16.9. The molecule has 1 saturated heterocycles. The van der Waals surface area contributed by atoms with Crippen LogP contribution in [0.2, 0.25) is 0 Å². The minimum atomic E-state index is 0.491. The fourth-order valence-corrected chi connectivity index (χ4v) is 4.27. The highest BCUT2D eigenvalue weighted by Crippen LogP contribution is 2.36. The second kappa shape index (κ2) is 6.16. The summed E-state index contributed by atoms with van der Waals surface area (Å²) in [4.78, 5) is 5.13. The molecule has 0 aliphatic carbocycles. The molecule has 0 spiro atoms. The molecular weight excluding hydrogens is 292 g/mol. The molecule has 1 heterocycles. The van der Waals surface area contributed by atoms with Crippen LogP contribution >= 0.6 is 0 Å². The number of hydrogen-bond donors (Lipinski definition) is 0. The van der Waals surface area contributed by atoms with Crippen LogP contribution in [-0.4, -0.2) is 18.8 Å². The number of hydrogen-bond acceptors (Lipinski definition) is 2. The van der Waals surface area contributed by atoms with Gasteiger partial charge in [-0.1, -0.05) is 35.4 Å². The number of benzene rings is 2. The molecule has 0 N–H and O–H groups in total. The quantitative estimate of drug-likeness (QED) is 0.741. The zero-order valence-electron chi connectivity index (χ0n) is 16.1. The summed E-state index contributed by atoms with van der Waals surface area (Å²) < 4.78 is 0. The predicted octanol–water partition coefficient (Wildman–Crippen LogP) is 5.29. The topological polar surface area (TPSA) is 6.48 Å². The van der Waals surface area contributed by atoms with E-state index < -0.39 is 0 Å². The molecule has 0 unspecified atom stereocenters. The molecule has 3 rings (SSSR count). The van der Waals surface area contributed by atoms with Crippen LogP contribution in [0.5, 0.6) is 0 Å². The van der Waals surface area contributed by atoms with Crippen LogP contribution in [0.1, 0.15) is 41.7 Å². The van der Waals surface area contributed by atoms with Crippen molar-refractivity contribution in [1.82, 2.24) is 0 Å². The lowest BCUT2D eigenvalue weighted by molar-refractivity contribution is 0.644. The Morgan fingerprint density at radius 3 is 1.83 bits per heavy atom. The van der Waals surface area contributed by atoms with Gasteiger partial charge in [0.25, 0.3) is 0 Å². The van der Waals surface area contributed by atoms with E-state index in [1.807, 2.05) is 0 Å². The van der Waals surface area contributed by atoms with Crippen LogP contribution < -0.4 is 9.80 Å². The van der Waals surface area contributed by atoms with Crippen molar-refractivity contribution >= 4 is 11.4 Å². The van der Waals surface area contributed by atoms with Gasteiger partial charge in [-0.25, -0.2) is 0 Å². The molecular formula is C22H30N2. The minimum Gasteiger partial charge on any atom is -0.349 e. The highest BCUT2D eigenvalue weighted by atomic mass is 15.4. The average Bonchev–Trinajstić information content (AvgIpc) is 2.75. The van der Waals surface area contributed by atoms with Gasteiger partial charge in [-0.05, 0) is 71.2 Å². The molecule has 0 radical (unpaired) electrons. The van der Waals surface area contributed by atoms with E-state index in [0.717, 1.165) is 6.67 Å². The Kier molecular flexibility index (Phi) is 4.33. The Morgan fingerprint density at radius 2 is 1.25 bits per heavy atom.